The summed E-state index contributed by atoms with van der Waals surface area (Å²) in [6.45, 7) is 6.75. The zero-order valence-corrected chi connectivity index (χ0v) is 27.1. The molecule has 1 fully saturated rings. The van der Waals surface area contributed by atoms with E-state index in [1.54, 1.807) is 11.0 Å². The first kappa shape index (κ1) is 31.5. The van der Waals surface area contributed by atoms with Crippen LogP contribution in [0.2, 0.25) is 10.0 Å². The standard InChI is InChI=1S/C33H33Cl2FN8O2/c1-33(2,3)46-32(45)43-14-12-24(13-15-43)44-18-29(41-42-44)30(20-4-6-21(34)7-5-20)39-22-9-11-28-25(16-22)31(38-19-37-28)40-23-8-10-27(36)26(35)17-23/h4-11,16-19,24,30,39H,12-15H2,1-3H3,(H,37,38,40)/t30-/m0/s1. The smallest absolute Gasteiger partial charge is 0.410 e. The zero-order chi connectivity index (χ0) is 32.4. The molecule has 5 aromatic rings. The first-order chi connectivity index (χ1) is 22.0. The second-order valence-corrected chi connectivity index (χ2v) is 13.0. The van der Waals surface area contributed by atoms with Crippen molar-refractivity contribution in [3.05, 3.63) is 100 Å². The Labute approximate surface area is 275 Å². The van der Waals surface area contributed by atoms with E-state index in [-0.39, 0.29) is 23.2 Å². The predicted molar refractivity (Wildman–Crippen MR) is 177 cm³/mol. The molecular weight excluding hydrogens is 630 g/mol. The Kier molecular flexibility index (Phi) is 8.97. The fourth-order valence-corrected chi connectivity index (χ4v) is 5.65. The lowest BCUT2D eigenvalue weighted by Crippen LogP contribution is -2.42. The largest absolute Gasteiger partial charge is 0.444 e. The van der Waals surface area contributed by atoms with Crippen LogP contribution in [0.1, 0.15) is 57.0 Å². The van der Waals surface area contributed by atoms with Gasteiger partial charge in [-0.15, -0.1) is 5.10 Å². The third kappa shape index (κ3) is 7.32. The third-order valence-electron chi connectivity index (χ3n) is 7.65. The quantitative estimate of drug-likeness (QED) is 0.179. The van der Waals surface area contributed by atoms with Gasteiger partial charge >= 0.3 is 6.09 Å². The topological polar surface area (TPSA) is 110 Å². The lowest BCUT2D eigenvalue weighted by molar-refractivity contribution is 0.0184. The molecule has 1 aliphatic rings. The molecule has 6 rings (SSSR count). The van der Waals surface area contributed by atoms with Crippen molar-refractivity contribution in [1.82, 2.24) is 29.9 Å². The maximum absolute atomic E-state index is 13.7. The summed E-state index contributed by atoms with van der Waals surface area (Å²) >= 11 is 12.2. The van der Waals surface area contributed by atoms with Gasteiger partial charge in [-0.1, -0.05) is 40.5 Å². The number of aromatic nitrogens is 5. The first-order valence-electron chi connectivity index (χ1n) is 14.9. The maximum atomic E-state index is 13.7. The van der Waals surface area contributed by atoms with Crippen LogP contribution in [0, 0.1) is 5.82 Å². The Morgan fingerprint density at radius 2 is 1.74 bits per heavy atom. The normalized spacial score (nSPS) is 14.7. The second kappa shape index (κ2) is 13.1. The fourth-order valence-electron chi connectivity index (χ4n) is 5.35. The minimum absolute atomic E-state index is 0.0122. The Balaban J connectivity index is 1.24. The summed E-state index contributed by atoms with van der Waals surface area (Å²) in [7, 11) is 0. The molecule has 238 valence electrons. The molecule has 1 amide bonds. The monoisotopic (exact) mass is 662 g/mol. The van der Waals surface area contributed by atoms with Gasteiger partial charge in [-0.3, -0.25) is 0 Å². The summed E-state index contributed by atoms with van der Waals surface area (Å²) in [5, 5.41) is 17.3. The van der Waals surface area contributed by atoms with Crippen LogP contribution in [0.5, 0.6) is 0 Å². The number of rotatable bonds is 7. The van der Waals surface area contributed by atoms with Crippen LogP contribution >= 0.6 is 23.2 Å². The van der Waals surface area contributed by atoms with Crippen molar-refractivity contribution >= 4 is 57.4 Å². The van der Waals surface area contributed by atoms with Crippen LogP contribution in [-0.4, -0.2) is 54.6 Å². The van der Waals surface area contributed by atoms with Gasteiger partial charge < -0.3 is 20.3 Å². The molecule has 13 heteroatoms. The van der Waals surface area contributed by atoms with Crippen molar-refractivity contribution in [2.45, 2.75) is 51.3 Å². The van der Waals surface area contributed by atoms with Crippen LogP contribution in [-0.2, 0) is 4.74 Å². The number of benzene rings is 3. The summed E-state index contributed by atoms with van der Waals surface area (Å²) in [4.78, 5) is 23.1. The van der Waals surface area contributed by atoms with Gasteiger partial charge in [0.15, 0.2) is 0 Å². The van der Waals surface area contributed by atoms with Crippen LogP contribution in [0.4, 0.5) is 26.4 Å². The molecule has 1 saturated heterocycles. The van der Waals surface area contributed by atoms with Crippen LogP contribution in [0.15, 0.2) is 73.2 Å². The molecule has 0 spiro atoms. The van der Waals surface area contributed by atoms with Gasteiger partial charge in [-0.2, -0.15) is 0 Å². The number of amides is 1. The van der Waals surface area contributed by atoms with Crippen molar-refractivity contribution in [2.75, 3.05) is 23.7 Å². The van der Waals surface area contributed by atoms with E-state index in [0.717, 1.165) is 40.7 Å². The molecule has 46 heavy (non-hydrogen) atoms. The van der Waals surface area contributed by atoms with Gasteiger partial charge in [-0.25, -0.2) is 23.8 Å². The maximum Gasteiger partial charge on any atom is 0.410 e. The second-order valence-electron chi connectivity index (χ2n) is 12.2. The summed E-state index contributed by atoms with van der Waals surface area (Å²) in [6.07, 6.45) is 4.60. The van der Waals surface area contributed by atoms with E-state index in [4.69, 9.17) is 27.9 Å². The number of nitrogens with one attached hydrogen (secondary N) is 2. The molecular formula is C33H33Cl2FN8O2. The summed E-state index contributed by atoms with van der Waals surface area (Å²) < 4.78 is 21.2. The van der Waals surface area contributed by atoms with Crippen molar-refractivity contribution in [3.63, 3.8) is 0 Å². The van der Waals surface area contributed by atoms with Gasteiger partial charge in [0.25, 0.3) is 0 Å². The number of anilines is 3. The van der Waals surface area contributed by atoms with E-state index in [1.807, 2.05) is 74.1 Å². The molecule has 3 aromatic carbocycles. The average molecular weight is 664 g/mol. The Morgan fingerprint density at radius 3 is 2.46 bits per heavy atom. The van der Waals surface area contributed by atoms with Crippen molar-refractivity contribution < 1.29 is 13.9 Å². The van der Waals surface area contributed by atoms with E-state index in [0.29, 0.717) is 29.6 Å². The van der Waals surface area contributed by atoms with E-state index in [2.05, 4.69) is 30.9 Å². The zero-order valence-electron chi connectivity index (χ0n) is 25.5. The van der Waals surface area contributed by atoms with E-state index >= 15 is 0 Å². The van der Waals surface area contributed by atoms with Gasteiger partial charge in [-0.05, 0) is 87.7 Å². The molecule has 2 aromatic heterocycles. The molecule has 0 bridgehead atoms. The molecule has 2 N–H and O–H groups in total. The van der Waals surface area contributed by atoms with Crippen molar-refractivity contribution in [1.29, 1.82) is 0 Å². The number of piperidine rings is 1. The lowest BCUT2D eigenvalue weighted by Gasteiger charge is -2.33. The van der Waals surface area contributed by atoms with Crippen LogP contribution < -0.4 is 10.6 Å². The van der Waals surface area contributed by atoms with Gasteiger partial charge in [0.05, 0.1) is 28.8 Å². The minimum Gasteiger partial charge on any atom is -0.444 e. The number of hydrogen-bond donors (Lipinski definition) is 2. The van der Waals surface area contributed by atoms with Gasteiger partial charge in [0.2, 0.25) is 0 Å². The molecule has 1 aliphatic heterocycles. The molecule has 1 atom stereocenters. The highest BCUT2D eigenvalue weighted by atomic mass is 35.5. The average Bonchev–Trinajstić information content (AvgIpc) is 3.52. The molecule has 10 nitrogen and oxygen atoms in total. The highest BCUT2D eigenvalue weighted by Gasteiger charge is 2.29. The summed E-state index contributed by atoms with van der Waals surface area (Å²) in [5.41, 5.74) is 3.24. The predicted octanol–water partition coefficient (Wildman–Crippen LogP) is 8.18. The molecule has 0 aliphatic carbocycles. The number of halogens is 3. The van der Waals surface area contributed by atoms with E-state index in [1.165, 1.54) is 18.5 Å². The minimum atomic E-state index is -0.536. The number of likely N-dealkylation sites (tertiary alicyclic amines) is 1. The van der Waals surface area contributed by atoms with Gasteiger partial charge in [0.1, 0.15) is 29.3 Å². The molecule has 3 heterocycles. The molecule has 0 saturated carbocycles. The van der Waals surface area contributed by atoms with Crippen molar-refractivity contribution in [3.8, 4) is 0 Å². The number of nitrogens with zero attached hydrogens (tertiary/aromatic N) is 6. The number of hydrogen-bond acceptors (Lipinski definition) is 8. The fraction of sp³-hybridized carbons (Fsp3) is 0.303. The molecule has 0 unspecified atom stereocenters. The number of carbonyl (C=O) groups excluding carboxylic acids is 1. The van der Waals surface area contributed by atoms with Crippen molar-refractivity contribution in [2.24, 2.45) is 0 Å². The number of ether oxygens (including phenoxy) is 1. The Bertz CT molecular complexity index is 1850. The lowest BCUT2D eigenvalue weighted by atomic mass is 10.0. The third-order valence-corrected chi connectivity index (χ3v) is 8.19. The SMILES string of the molecule is CC(C)(C)OC(=O)N1CCC(n2cc([C@@H](Nc3ccc4ncnc(Nc5ccc(F)c(Cl)c5)c4c3)c3ccc(Cl)cc3)nn2)CC1. The van der Waals surface area contributed by atoms with E-state index < -0.39 is 11.4 Å². The molecule has 0 radical (unpaired) electrons. The highest BCUT2D eigenvalue weighted by Crippen LogP contribution is 2.32. The number of carbonyl (C=O) groups is 1. The van der Waals surface area contributed by atoms with Crippen LogP contribution in [0.3, 0.4) is 0 Å². The Morgan fingerprint density at radius 1 is 1.00 bits per heavy atom. The first-order valence-corrected chi connectivity index (χ1v) is 15.7. The summed E-state index contributed by atoms with van der Waals surface area (Å²) in [6, 6.07) is 17.5. The van der Waals surface area contributed by atoms with E-state index in [9.17, 15) is 9.18 Å². The van der Waals surface area contributed by atoms with Gasteiger partial charge in [0, 0.05) is 34.9 Å². The number of fused-ring (bicyclic) bond motifs is 1. The summed E-state index contributed by atoms with van der Waals surface area (Å²) in [5.74, 6) is 0.0470. The Hall–Kier alpha value is -4.48. The highest BCUT2D eigenvalue weighted by molar-refractivity contribution is 6.31. The van der Waals surface area contributed by atoms with Crippen LogP contribution in [0.25, 0.3) is 10.9 Å².